The van der Waals surface area contributed by atoms with E-state index in [-0.39, 0.29) is 6.03 Å². The molecular weight excluding hydrogens is 322 g/mol. The van der Waals surface area contributed by atoms with Crippen molar-refractivity contribution >= 4 is 23.3 Å². The first kappa shape index (κ1) is 16.8. The highest BCUT2D eigenvalue weighted by atomic mass is 35.5. The summed E-state index contributed by atoms with van der Waals surface area (Å²) in [5.74, 6) is 0. The highest BCUT2D eigenvalue weighted by Gasteiger charge is 2.20. The third-order valence-electron chi connectivity index (χ3n) is 4.31. The Balaban J connectivity index is 1.42. The largest absolute Gasteiger partial charge is 0.322 e. The average molecular weight is 344 g/mol. The van der Waals surface area contributed by atoms with E-state index in [1.54, 1.807) is 12.1 Å². The number of benzene rings is 2. The van der Waals surface area contributed by atoms with Crippen LogP contribution < -0.4 is 5.32 Å². The van der Waals surface area contributed by atoms with E-state index >= 15 is 0 Å². The van der Waals surface area contributed by atoms with Crippen molar-refractivity contribution in [2.24, 2.45) is 0 Å². The van der Waals surface area contributed by atoms with E-state index in [0.717, 1.165) is 44.8 Å². The van der Waals surface area contributed by atoms with Crippen LogP contribution in [0.5, 0.6) is 0 Å². The molecule has 1 aliphatic heterocycles. The highest BCUT2D eigenvalue weighted by molar-refractivity contribution is 6.30. The Morgan fingerprint density at radius 1 is 0.958 bits per heavy atom. The molecule has 126 valence electrons. The summed E-state index contributed by atoms with van der Waals surface area (Å²) in [5, 5.41) is 3.59. The van der Waals surface area contributed by atoms with Gasteiger partial charge in [0.2, 0.25) is 0 Å². The topological polar surface area (TPSA) is 35.6 Å². The number of urea groups is 1. The summed E-state index contributed by atoms with van der Waals surface area (Å²) < 4.78 is 0. The maximum absolute atomic E-state index is 12.3. The van der Waals surface area contributed by atoms with Crippen molar-refractivity contribution in [2.75, 3.05) is 38.0 Å². The van der Waals surface area contributed by atoms with Gasteiger partial charge in [-0.2, -0.15) is 0 Å². The molecule has 1 N–H and O–H groups in total. The predicted octanol–water partition coefficient (Wildman–Crippen LogP) is 3.73. The molecule has 0 spiro atoms. The lowest BCUT2D eigenvalue weighted by molar-refractivity contribution is 0.148. The predicted molar refractivity (Wildman–Crippen MR) is 98.6 cm³/mol. The summed E-state index contributed by atoms with van der Waals surface area (Å²) in [5.41, 5.74) is 2.14. The SMILES string of the molecule is O=C(Nc1ccc(Cl)cc1)N1CCN(CCc2ccccc2)CC1. The molecule has 4 nitrogen and oxygen atoms in total. The minimum absolute atomic E-state index is 0.0416. The summed E-state index contributed by atoms with van der Waals surface area (Å²) in [6, 6.07) is 17.7. The molecule has 0 aliphatic carbocycles. The average Bonchev–Trinajstić information content (AvgIpc) is 2.63. The maximum atomic E-state index is 12.3. The van der Waals surface area contributed by atoms with Gasteiger partial charge in [-0.15, -0.1) is 0 Å². The summed E-state index contributed by atoms with van der Waals surface area (Å²) in [6.45, 7) is 4.39. The van der Waals surface area contributed by atoms with Crippen LogP contribution in [0.2, 0.25) is 5.02 Å². The van der Waals surface area contributed by atoms with E-state index in [0.29, 0.717) is 5.02 Å². The lowest BCUT2D eigenvalue weighted by Crippen LogP contribution is -2.50. The number of amides is 2. The molecule has 1 heterocycles. The Morgan fingerprint density at radius 3 is 2.29 bits per heavy atom. The van der Waals surface area contributed by atoms with E-state index in [9.17, 15) is 4.79 Å². The fourth-order valence-electron chi connectivity index (χ4n) is 2.84. The standard InChI is InChI=1S/C19H22ClN3O/c20-17-6-8-18(9-7-17)21-19(24)23-14-12-22(13-15-23)11-10-16-4-2-1-3-5-16/h1-9H,10-15H2,(H,21,24). The maximum Gasteiger partial charge on any atom is 0.321 e. The minimum Gasteiger partial charge on any atom is -0.322 e. The van der Waals surface area contributed by atoms with Gasteiger partial charge in [-0.25, -0.2) is 4.79 Å². The number of rotatable bonds is 4. The van der Waals surface area contributed by atoms with Gasteiger partial charge in [0.15, 0.2) is 0 Å². The number of anilines is 1. The molecule has 2 aromatic carbocycles. The van der Waals surface area contributed by atoms with Crippen molar-refractivity contribution < 1.29 is 4.79 Å². The molecule has 0 unspecified atom stereocenters. The summed E-state index contributed by atoms with van der Waals surface area (Å²) >= 11 is 5.86. The summed E-state index contributed by atoms with van der Waals surface area (Å²) in [6.07, 6.45) is 1.05. The van der Waals surface area contributed by atoms with Crippen molar-refractivity contribution in [3.63, 3.8) is 0 Å². The van der Waals surface area contributed by atoms with Crippen LogP contribution in [-0.4, -0.2) is 48.6 Å². The molecule has 0 aromatic heterocycles. The Hall–Kier alpha value is -2.04. The molecule has 1 aliphatic rings. The smallest absolute Gasteiger partial charge is 0.321 e. The van der Waals surface area contributed by atoms with Gasteiger partial charge in [-0.05, 0) is 36.2 Å². The van der Waals surface area contributed by atoms with Crippen molar-refractivity contribution in [3.05, 3.63) is 65.2 Å². The molecule has 2 amide bonds. The van der Waals surface area contributed by atoms with Crippen molar-refractivity contribution in [2.45, 2.75) is 6.42 Å². The van der Waals surface area contributed by atoms with Gasteiger partial charge >= 0.3 is 6.03 Å². The fraction of sp³-hybridized carbons (Fsp3) is 0.316. The van der Waals surface area contributed by atoms with Crippen LogP contribution in [0.15, 0.2) is 54.6 Å². The monoisotopic (exact) mass is 343 g/mol. The van der Waals surface area contributed by atoms with Crippen LogP contribution in [0.25, 0.3) is 0 Å². The quantitative estimate of drug-likeness (QED) is 0.918. The van der Waals surface area contributed by atoms with Crippen molar-refractivity contribution in [3.8, 4) is 0 Å². The normalized spacial score (nSPS) is 15.3. The zero-order chi connectivity index (χ0) is 16.8. The fourth-order valence-corrected chi connectivity index (χ4v) is 2.97. The number of carbonyl (C=O) groups excluding carboxylic acids is 1. The van der Waals surface area contributed by atoms with Crippen LogP contribution >= 0.6 is 11.6 Å². The molecule has 0 saturated carbocycles. The van der Waals surface area contributed by atoms with Crippen LogP contribution in [0.1, 0.15) is 5.56 Å². The molecule has 0 radical (unpaired) electrons. The number of piperazine rings is 1. The van der Waals surface area contributed by atoms with Crippen LogP contribution in [0.4, 0.5) is 10.5 Å². The van der Waals surface area contributed by atoms with E-state index < -0.39 is 0 Å². The lowest BCUT2D eigenvalue weighted by Gasteiger charge is -2.34. The second-order valence-corrected chi connectivity index (χ2v) is 6.44. The lowest BCUT2D eigenvalue weighted by atomic mass is 10.1. The molecule has 0 atom stereocenters. The molecule has 1 saturated heterocycles. The Bertz CT molecular complexity index is 652. The van der Waals surface area contributed by atoms with Gasteiger partial charge in [-0.1, -0.05) is 41.9 Å². The van der Waals surface area contributed by atoms with E-state index in [1.165, 1.54) is 5.56 Å². The first-order valence-corrected chi connectivity index (χ1v) is 8.66. The first-order chi connectivity index (χ1) is 11.7. The molecule has 3 rings (SSSR count). The van der Waals surface area contributed by atoms with Crippen LogP contribution in [-0.2, 0) is 6.42 Å². The van der Waals surface area contributed by atoms with Crippen LogP contribution in [0.3, 0.4) is 0 Å². The summed E-state index contributed by atoms with van der Waals surface area (Å²) in [7, 11) is 0. The molecule has 0 bridgehead atoms. The second kappa shape index (κ2) is 8.18. The van der Waals surface area contributed by atoms with Gasteiger partial charge in [-0.3, -0.25) is 4.90 Å². The molecule has 1 fully saturated rings. The van der Waals surface area contributed by atoms with Crippen molar-refractivity contribution in [1.82, 2.24) is 9.80 Å². The molecule has 5 heteroatoms. The van der Waals surface area contributed by atoms with Gasteiger partial charge in [0, 0.05) is 43.4 Å². The Morgan fingerprint density at radius 2 is 1.62 bits per heavy atom. The third kappa shape index (κ3) is 4.73. The number of hydrogen-bond acceptors (Lipinski definition) is 2. The zero-order valence-electron chi connectivity index (χ0n) is 13.6. The highest BCUT2D eigenvalue weighted by Crippen LogP contribution is 2.14. The van der Waals surface area contributed by atoms with E-state index in [4.69, 9.17) is 11.6 Å². The van der Waals surface area contributed by atoms with Gasteiger partial charge in [0.25, 0.3) is 0 Å². The Kier molecular flexibility index (Phi) is 5.72. The van der Waals surface area contributed by atoms with E-state index in [1.807, 2.05) is 23.1 Å². The third-order valence-corrected chi connectivity index (χ3v) is 4.57. The Labute approximate surface area is 148 Å². The minimum atomic E-state index is -0.0416. The van der Waals surface area contributed by atoms with Gasteiger partial charge < -0.3 is 10.2 Å². The van der Waals surface area contributed by atoms with Crippen molar-refractivity contribution in [1.29, 1.82) is 0 Å². The number of halogens is 1. The zero-order valence-corrected chi connectivity index (χ0v) is 14.4. The number of carbonyl (C=O) groups is 1. The molecule has 24 heavy (non-hydrogen) atoms. The second-order valence-electron chi connectivity index (χ2n) is 6.00. The summed E-state index contributed by atoms with van der Waals surface area (Å²) in [4.78, 5) is 16.6. The number of nitrogens with zero attached hydrogens (tertiary/aromatic N) is 2. The molecular formula is C19H22ClN3O. The number of nitrogens with one attached hydrogen (secondary N) is 1. The first-order valence-electron chi connectivity index (χ1n) is 8.28. The molecule has 2 aromatic rings. The van der Waals surface area contributed by atoms with Gasteiger partial charge in [0.1, 0.15) is 0 Å². The van der Waals surface area contributed by atoms with E-state index in [2.05, 4.69) is 34.5 Å². The van der Waals surface area contributed by atoms with Gasteiger partial charge in [0.05, 0.1) is 0 Å². The van der Waals surface area contributed by atoms with Crippen LogP contribution in [0, 0.1) is 0 Å². The number of hydrogen-bond donors (Lipinski definition) is 1.